The van der Waals surface area contributed by atoms with Crippen LogP contribution >= 0.6 is 0 Å². The molecule has 2 aliphatic rings. The number of carboxylic acid groups (broad SMARTS) is 1. The van der Waals surface area contributed by atoms with Gasteiger partial charge in [0.1, 0.15) is 9.84 Å². The van der Waals surface area contributed by atoms with Gasteiger partial charge in [-0.3, -0.25) is 9.59 Å². The second-order valence-corrected chi connectivity index (χ2v) is 8.54. The first-order chi connectivity index (χ1) is 9.82. The molecule has 0 bridgehead atoms. The van der Waals surface area contributed by atoms with Crippen LogP contribution in [0.4, 0.5) is 0 Å². The Morgan fingerprint density at radius 3 is 2.24 bits per heavy atom. The maximum atomic E-state index is 12.3. The van der Waals surface area contributed by atoms with Crippen LogP contribution in [0, 0.1) is 17.8 Å². The average Bonchev–Trinajstić information content (AvgIpc) is 2.85. The van der Waals surface area contributed by atoms with Crippen molar-refractivity contribution in [1.82, 2.24) is 5.32 Å². The quantitative estimate of drug-likeness (QED) is 0.799. The van der Waals surface area contributed by atoms with Crippen LogP contribution < -0.4 is 5.32 Å². The van der Waals surface area contributed by atoms with Gasteiger partial charge in [-0.25, -0.2) is 8.42 Å². The molecule has 1 amide bonds. The summed E-state index contributed by atoms with van der Waals surface area (Å²) in [5, 5.41) is 12.1. The largest absolute Gasteiger partial charge is 0.481 e. The van der Waals surface area contributed by atoms with E-state index in [2.05, 4.69) is 5.32 Å². The fraction of sp³-hybridized carbons (Fsp3) is 0.857. The van der Waals surface area contributed by atoms with E-state index in [0.29, 0.717) is 25.7 Å². The Hall–Kier alpha value is -1.11. The first kappa shape index (κ1) is 16.3. The van der Waals surface area contributed by atoms with E-state index in [-0.39, 0.29) is 29.4 Å². The van der Waals surface area contributed by atoms with Crippen LogP contribution in [0.3, 0.4) is 0 Å². The molecule has 1 heterocycles. The van der Waals surface area contributed by atoms with Gasteiger partial charge in [-0.1, -0.05) is 13.3 Å². The number of carboxylic acids is 1. The predicted octanol–water partition coefficient (Wildman–Crippen LogP) is 0.817. The fourth-order valence-electron chi connectivity index (χ4n) is 3.38. The maximum absolute atomic E-state index is 12.3. The third kappa shape index (κ3) is 3.96. The molecule has 1 aliphatic carbocycles. The summed E-state index contributed by atoms with van der Waals surface area (Å²) in [6, 6.07) is -0.142. The second-order valence-electron chi connectivity index (χ2n) is 6.23. The highest BCUT2D eigenvalue weighted by Crippen LogP contribution is 2.38. The minimum absolute atomic E-state index is 0.0998. The number of rotatable bonds is 4. The molecule has 2 fully saturated rings. The lowest BCUT2D eigenvalue weighted by Crippen LogP contribution is -2.44. The SMILES string of the molecule is CCC1CC(C(=O)O)C(C(=O)NC2CCS(=O)(=O)CC2)C1. The molecular weight excluding hydrogens is 294 g/mol. The van der Waals surface area contributed by atoms with Crippen LogP contribution in [-0.4, -0.2) is 42.9 Å². The molecule has 3 unspecified atom stereocenters. The van der Waals surface area contributed by atoms with Crippen LogP contribution in [0.5, 0.6) is 0 Å². The van der Waals surface area contributed by atoms with Gasteiger partial charge in [0.05, 0.1) is 23.3 Å². The third-order valence-corrected chi connectivity index (χ3v) is 6.51. The van der Waals surface area contributed by atoms with Crippen molar-refractivity contribution in [3.8, 4) is 0 Å². The summed E-state index contributed by atoms with van der Waals surface area (Å²) in [5.74, 6) is -1.73. The number of nitrogens with one attached hydrogen (secondary N) is 1. The number of carbonyl (C=O) groups excluding carboxylic acids is 1. The zero-order valence-electron chi connectivity index (χ0n) is 12.2. The zero-order valence-corrected chi connectivity index (χ0v) is 13.1. The highest BCUT2D eigenvalue weighted by molar-refractivity contribution is 7.91. The topological polar surface area (TPSA) is 101 Å². The van der Waals surface area contributed by atoms with Crippen molar-refractivity contribution >= 4 is 21.7 Å². The van der Waals surface area contributed by atoms with Crippen molar-refractivity contribution in [2.75, 3.05) is 11.5 Å². The molecule has 1 saturated heterocycles. The van der Waals surface area contributed by atoms with E-state index in [1.165, 1.54) is 0 Å². The Morgan fingerprint density at radius 1 is 1.14 bits per heavy atom. The molecule has 0 aromatic heterocycles. The van der Waals surface area contributed by atoms with Crippen molar-refractivity contribution < 1.29 is 23.1 Å². The Kier molecular flexibility index (Phi) is 4.91. The molecule has 0 aromatic rings. The predicted molar refractivity (Wildman–Crippen MR) is 77.4 cm³/mol. The number of amides is 1. The van der Waals surface area contributed by atoms with Crippen LogP contribution in [0.2, 0.25) is 0 Å². The van der Waals surface area contributed by atoms with Crippen LogP contribution in [0.25, 0.3) is 0 Å². The molecule has 0 aromatic carbocycles. The summed E-state index contributed by atoms with van der Waals surface area (Å²) in [6.07, 6.45) is 2.91. The average molecular weight is 317 g/mol. The summed E-state index contributed by atoms with van der Waals surface area (Å²) < 4.78 is 22.7. The Morgan fingerprint density at radius 2 is 1.71 bits per heavy atom. The van der Waals surface area contributed by atoms with Crippen molar-refractivity contribution in [2.45, 2.75) is 45.1 Å². The van der Waals surface area contributed by atoms with Gasteiger partial charge in [0.2, 0.25) is 5.91 Å². The number of hydrogen-bond donors (Lipinski definition) is 2. The molecule has 7 heteroatoms. The number of hydrogen-bond acceptors (Lipinski definition) is 4. The van der Waals surface area contributed by atoms with Gasteiger partial charge < -0.3 is 10.4 Å². The first-order valence-corrected chi connectivity index (χ1v) is 9.38. The van der Waals surface area contributed by atoms with E-state index >= 15 is 0 Å². The molecule has 1 saturated carbocycles. The van der Waals surface area contributed by atoms with Crippen molar-refractivity contribution in [2.24, 2.45) is 17.8 Å². The van der Waals surface area contributed by atoms with Crippen LogP contribution in [-0.2, 0) is 19.4 Å². The molecule has 21 heavy (non-hydrogen) atoms. The second kappa shape index (κ2) is 6.34. The third-order valence-electron chi connectivity index (χ3n) is 4.79. The van der Waals surface area contributed by atoms with Gasteiger partial charge in [0.15, 0.2) is 0 Å². The monoisotopic (exact) mass is 317 g/mol. The van der Waals surface area contributed by atoms with Gasteiger partial charge in [-0.15, -0.1) is 0 Å². The smallest absolute Gasteiger partial charge is 0.307 e. The van der Waals surface area contributed by atoms with Crippen LogP contribution in [0.1, 0.15) is 39.0 Å². The molecule has 2 N–H and O–H groups in total. The van der Waals surface area contributed by atoms with Gasteiger partial charge >= 0.3 is 5.97 Å². The van der Waals surface area contributed by atoms with E-state index in [9.17, 15) is 23.1 Å². The normalized spacial score (nSPS) is 32.7. The molecule has 1 aliphatic heterocycles. The highest BCUT2D eigenvalue weighted by atomic mass is 32.2. The van der Waals surface area contributed by atoms with Crippen molar-refractivity contribution in [1.29, 1.82) is 0 Å². The van der Waals surface area contributed by atoms with E-state index in [0.717, 1.165) is 6.42 Å². The zero-order chi connectivity index (χ0) is 15.6. The summed E-state index contributed by atoms with van der Waals surface area (Å²) in [6.45, 7) is 2.01. The summed E-state index contributed by atoms with van der Waals surface area (Å²) >= 11 is 0. The Bertz CT molecular complexity index is 501. The van der Waals surface area contributed by atoms with Crippen molar-refractivity contribution in [3.05, 3.63) is 0 Å². The minimum atomic E-state index is -2.95. The van der Waals surface area contributed by atoms with Gasteiger partial charge in [0.25, 0.3) is 0 Å². The molecule has 3 atom stereocenters. The number of aliphatic carboxylic acids is 1. The lowest BCUT2D eigenvalue weighted by atomic mass is 9.95. The molecule has 6 nitrogen and oxygen atoms in total. The van der Waals surface area contributed by atoms with E-state index in [1.807, 2.05) is 6.92 Å². The van der Waals surface area contributed by atoms with Gasteiger partial charge in [-0.05, 0) is 31.6 Å². The molecule has 2 rings (SSSR count). The summed E-state index contributed by atoms with van der Waals surface area (Å²) in [4.78, 5) is 23.6. The van der Waals surface area contributed by atoms with Gasteiger partial charge in [0, 0.05) is 6.04 Å². The van der Waals surface area contributed by atoms with Crippen molar-refractivity contribution in [3.63, 3.8) is 0 Å². The first-order valence-electron chi connectivity index (χ1n) is 7.56. The standard InChI is InChI=1S/C14H23NO5S/c1-2-9-7-11(12(8-9)14(17)18)13(16)15-10-3-5-21(19,20)6-4-10/h9-12H,2-8H2,1H3,(H,15,16)(H,17,18). The van der Waals surface area contributed by atoms with E-state index in [1.54, 1.807) is 0 Å². The Labute approximate surface area is 125 Å². The summed E-state index contributed by atoms with van der Waals surface area (Å²) in [5.41, 5.74) is 0. The lowest BCUT2D eigenvalue weighted by Gasteiger charge is -2.25. The number of carbonyl (C=O) groups is 2. The van der Waals surface area contributed by atoms with Gasteiger partial charge in [-0.2, -0.15) is 0 Å². The molecule has 120 valence electrons. The Balaban J connectivity index is 1.94. The van der Waals surface area contributed by atoms with E-state index in [4.69, 9.17) is 0 Å². The summed E-state index contributed by atoms with van der Waals surface area (Å²) in [7, 11) is -2.95. The lowest BCUT2D eigenvalue weighted by molar-refractivity contribution is -0.146. The molecular formula is C14H23NO5S. The van der Waals surface area contributed by atoms with Crippen LogP contribution in [0.15, 0.2) is 0 Å². The molecule has 0 spiro atoms. The highest BCUT2D eigenvalue weighted by Gasteiger charge is 2.42. The fourth-order valence-corrected chi connectivity index (χ4v) is 4.87. The number of sulfone groups is 1. The molecule has 0 radical (unpaired) electrons. The maximum Gasteiger partial charge on any atom is 0.307 e. The minimum Gasteiger partial charge on any atom is -0.481 e. The van der Waals surface area contributed by atoms with E-state index < -0.39 is 27.6 Å².